The molecule has 0 aliphatic carbocycles. The SMILES string of the molecule is CCC(C)(C)N=C(N)C(C)(C)C. The topological polar surface area (TPSA) is 38.4 Å². The first-order chi connectivity index (χ1) is 5.19. The molecule has 0 heterocycles. The molecule has 0 spiro atoms. The second-order valence-electron chi connectivity index (χ2n) is 4.91. The molecule has 2 nitrogen and oxygen atoms in total. The molecule has 2 heteroatoms. The molecule has 0 aromatic rings. The average molecular weight is 170 g/mol. The van der Waals surface area contributed by atoms with E-state index in [0.29, 0.717) is 0 Å². The van der Waals surface area contributed by atoms with Crippen LogP contribution in [0.15, 0.2) is 4.99 Å². The van der Waals surface area contributed by atoms with Crippen LogP contribution in [-0.4, -0.2) is 11.4 Å². The van der Waals surface area contributed by atoms with Crippen LogP contribution in [0.3, 0.4) is 0 Å². The van der Waals surface area contributed by atoms with Gasteiger partial charge in [0.15, 0.2) is 0 Å². The van der Waals surface area contributed by atoms with Crippen molar-refractivity contribution in [2.24, 2.45) is 16.1 Å². The summed E-state index contributed by atoms with van der Waals surface area (Å²) in [6.45, 7) is 12.6. The predicted octanol–water partition coefficient (Wildman–Crippen LogP) is 2.58. The number of amidine groups is 1. The van der Waals surface area contributed by atoms with Crippen LogP contribution in [0.5, 0.6) is 0 Å². The highest BCUT2D eigenvalue weighted by atomic mass is 14.9. The molecule has 0 saturated heterocycles. The molecular weight excluding hydrogens is 148 g/mol. The lowest BCUT2D eigenvalue weighted by atomic mass is 9.94. The first-order valence-electron chi connectivity index (χ1n) is 4.55. The third-order valence-corrected chi connectivity index (χ3v) is 2.06. The normalized spacial score (nSPS) is 15.0. The predicted molar refractivity (Wildman–Crippen MR) is 55.4 cm³/mol. The third-order valence-electron chi connectivity index (χ3n) is 2.06. The maximum absolute atomic E-state index is 5.86. The first kappa shape index (κ1) is 11.5. The van der Waals surface area contributed by atoms with Crippen LogP contribution in [-0.2, 0) is 0 Å². The zero-order valence-electron chi connectivity index (χ0n) is 9.23. The Morgan fingerprint density at radius 2 is 1.58 bits per heavy atom. The van der Waals surface area contributed by atoms with Crippen molar-refractivity contribution in [1.29, 1.82) is 0 Å². The van der Waals surface area contributed by atoms with Crippen LogP contribution < -0.4 is 5.73 Å². The lowest BCUT2D eigenvalue weighted by molar-refractivity contribution is 0.485. The van der Waals surface area contributed by atoms with E-state index < -0.39 is 0 Å². The quantitative estimate of drug-likeness (QED) is 0.502. The molecule has 0 atom stereocenters. The molecular formula is C10H22N2. The molecule has 0 amide bonds. The second kappa shape index (κ2) is 3.46. The summed E-state index contributed by atoms with van der Waals surface area (Å²) in [6.07, 6.45) is 1.02. The van der Waals surface area contributed by atoms with Crippen LogP contribution in [0.2, 0.25) is 0 Å². The highest BCUT2D eigenvalue weighted by molar-refractivity contribution is 5.85. The van der Waals surface area contributed by atoms with Crippen LogP contribution in [0.4, 0.5) is 0 Å². The van der Waals surface area contributed by atoms with Gasteiger partial charge in [-0.2, -0.15) is 0 Å². The van der Waals surface area contributed by atoms with Crippen molar-refractivity contribution in [3.05, 3.63) is 0 Å². The summed E-state index contributed by atoms with van der Waals surface area (Å²) in [5.41, 5.74) is 5.84. The third kappa shape index (κ3) is 3.74. The molecule has 0 fully saturated rings. The fourth-order valence-electron chi connectivity index (χ4n) is 0.573. The van der Waals surface area contributed by atoms with Gasteiger partial charge < -0.3 is 5.73 Å². The standard InChI is InChI=1S/C10H22N2/c1-7-10(5,6)12-8(11)9(2,3)4/h7H2,1-6H3,(H2,11,12). The van der Waals surface area contributed by atoms with Crippen molar-refractivity contribution in [3.63, 3.8) is 0 Å². The summed E-state index contributed by atoms with van der Waals surface area (Å²) in [7, 11) is 0. The lowest BCUT2D eigenvalue weighted by Crippen LogP contribution is -2.33. The highest BCUT2D eigenvalue weighted by Crippen LogP contribution is 2.19. The average Bonchev–Trinajstić information content (AvgIpc) is 1.85. The lowest BCUT2D eigenvalue weighted by Gasteiger charge is -2.24. The van der Waals surface area contributed by atoms with Crippen LogP contribution in [0.1, 0.15) is 48.0 Å². The van der Waals surface area contributed by atoms with Gasteiger partial charge in [-0.1, -0.05) is 27.7 Å². The number of rotatable bonds is 2. The summed E-state index contributed by atoms with van der Waals surface area (Å²) < 4.78 is 0. The van der Waals surface area contributed by atoms with Crippen molar-refractivity contribution in [3.8, 4) is 0 Å². The van der Waals surface area contributed by atoms with Crippen molar-refractivity contribution in [2.45, 2.75) is 53.5 Å². The highest BCUT2D eigenvalue weighted by Gasteiger charge is 2.20. The molecule has 2 N–H and O–H groups in total. The Hall–Kier alpha value is -0.530. The van der Waals surface area contributed by atoms with E-state index in [1.54, 1.807) is 0 Å². The summed E-state index contributed by atoms with van der Waals surface area (Å²) in [6, 6.07) is 0. The minimum absolute atomic E-state index is 0.00750. The summed E-state index contributed by atoms with van der Waals surface area (Å²) >= 11 is 0. The van der Waals surface area contributed by atoms with Crippen molar-refractivity contribution in [2.75, 3.05) is 0 Å². The minimum atomic E-state index is -0.0165. The van der Waals surface area contributed by atoms with E-state index in [0.717, 1.165) is 12.3 Å². The smallest absolute Gasteiger partial charge is 0.0997 e. The van der Waals surface area contributed by atoms with Gasteiger partial charge in [-0.25, -0.2) is 0 Å². The zero-order valence-corrected chi connectivity index (χ0v) is 9.23. The Labute approximate surface area is 76.3 Å². The number of aliphatic imine (C=N–C) groups is 1. The van der Waals surface area contributed by atoms with Gasteiger partial charge in [0.05, 0.1) is 11.4 Å². The van der Waals surface area contributed by atoms with Gasteiger partial charge in [-0.05, 0) is 20.3 Å². The second-order valence-corrected chi connectivity index (χ2v) is 4.91. The molecule has 0 aliphatic heterocycles. The van der Waals surface area contributed by atoms with E-state index in [4.69, 9.17) is 5.73 Å². The van der Waals surface area contributed by atoms with Crippen molar-refractivity contribution in [1.82, 2.24) is 0 Å². The summed E-state index contributed by atoms with van der Waals surface area (Å²) in [5.74, 6) is 0.745. The maximum Gasteiger partial charge on any atom is 0.0997 e. The Bertz CT molecular complexity index is 173. The molecule has 0 unspecified atom stereocenters. The van der Waals surface area contributed by atoms with E-state index in [1.807, 2.05) is 0 Å². The van der Waals surface area contributed by atoms with Gasteiger partial charge in [0.25, 0.3) is 0 Å². The van der Waals surface area contributed by atoms with Gasteiger partial charge in [0.1, 0.15) is 0 Å². The van der Waals surface area contributed by atoms with Crippen molar-refractivity contribution < 1.29 is 0 Å². The Morgan fingerprint density at radius 3 is 1.83 bits per heavy atom. The van der Waals surface area contributed by atoms with Crippen LogP contribution >= 0.6 is 0 Å². The molecule has 0 radical (unpaired) electrons. The Morgan fingerprint density at radius 1 is 1.17 bits per heavy atom. The number of hydrogen-bond acceptors (Lipinski definition) is 1. The van der Waals surface area contributed by atoms with E-state index in [2.05, 4.69) is 46.5 Å². The van der Waals surface area contributed by atoms with E-state index in [-0.39, 0.29) is 11.0 Å². The van der Waals surface area contributed by atoms with Gasteiger partial charge in [-0.15, -0.1) is 0 Å². The zero-order chi connectivity index (χ0) is 9.99. The fraction of sp³-hybridized carbons (Fsp3) is 0.900. The molecule has 0 rings (SSSR count). The van der Waals surface area contributed by atoms with Gasteiger partial charge in [-0.3, -0.25) is 4.99 Å². The van der Waals surface area contributed by atoms with Gasteiger partial charge >= 0.3 is 0 Å². The molecule has 0 aliphatic rings. The summed E-state index contributed by atoms with van der Waals surface area (Å²) in [5, 5.41) is 0. The summed E-state index contributed by atoms with van der Waals surface area (Å²) in [4.78, 5) is 4.49. The Kier molecular flexibility index (Phi) is 3.31. The maximum atomic E-state index is 5.86. The number of nitrogens with two attached hydrogens (primary N) is 1. The molecule has 0 aromatic carbocycles. The molecule has 12 heavy (non-hydrogen) atoms. The first-order valence-corrected chi connectivity index (χ1v) is 4.55. The van der Waals surface area contributed by atoms with Crippen molar-refractivity contribution >= 4 is 5.84 Å². The van der Waals surface area contributed by atoms with Gasteiger partial charge in [0.2, 0.25) is 0 Å². The number of nitrogens with zero attached hydrogens (tertiary/aromatic N) is 1. The largest absolute Gasteiger partial charge is 0.387 e. The Balaban J connectivity index is 4.57. The van der Waals surface area contributed by atoms with E-state index >= 15 is 0 Å². The molecule has 72 valence electrons. The molecule has 0 aromatic heterocycles. The monoisotopic (exact) mass is 170 g/mol. The number of hydrogen-bond donors (Lipinski definition) is 1. The van der Waals surface area contributed by atoms with E-state index in [9.17, 15) is 0 Å². The van der Waals surface area contributed by atoms with Gasteiger partial charge in [0, 0.05) is 5.41 Å². The minimum Gasteiger partial charge on any atom is -0.387 e. The molecule has 0 saturated carbocycles. The van der Waals surface area contributed by atoms with Crippen LogP contribution in [0, 0.1) is 5.41 Å². The fourth-order valence-corrected chi connectivity index (χ4v) is 0.573. The molecule has 0 bridgehead atoms. The van der Waals surface area contributed by atoms with Crippen LogP contribution in [0.25, 0.3) is 0 Å². The van der Waals surface area contributed by atoms with E-state index in [1.165, 1.54) is 0 Å².